The number of hydrogen-bond donors (Lipinski definition) is 1. The van der Waals surface area contributed by atoms with E-state index in [1.807, 2.05) is 19.1 Å². The van der Waals surface area contributed by atoms with E-state index >= 15 is 0 Å². The number of ether oxygens (including phenoxy) is 1. The van der Waals surface area contributed by atoms with Gasteiger partial charge in [0.05, 0.1) is 11.1 Å². The quantitative estimate of drug-likeness (QED) is 0.916. The van der Waals surface area contributed by atoms with E-state index in [2.05, 4.69) is 34.7 Å². The lowest BCUT2D eigenvalue weighted by Crippen LogP contribution is -2.20. The van der Waals surface area contributed by atoms with Crippen molar-refractivity contribution in [3.05, 3.63) is 22.2 Å². The first-order valence-corrected chi connectivity index (χ1v) is 7.67. The number of nitrogens with zero attached hydrogens (tertiary/aromatic N) is 1. The fourth-order valence-electron chi connectivity index (χ4n) is 2.62. The lowest BCUT2D eigenvalue weighted by Gasteiger charge is -2.17. The van der Waals surface area contributed by atoms with Crippen LogP contribution in [0.2, 0.25) is 0 Å². The Hall–Kier alpha value is -0.740. The standard InChI is InChI=1S/C15H22BrNO2/c1-4-19-14-6-12(5-13(16)15(14)18)9-17-7-10(2)11(3)8-17/h5-6,10-11,18H,4,7-9H2,1-3H3. The molecule has 1 fully saturated rings. The highest BCUT2D eigenvalue weighted by Crippen LogP contribution is 2.36. The fraction of sp³-hybridized carbons (Fsp3) is 0.600. The second-order valence-electron chi connectivity index (χ2n) is 5.51. The molecule has 1 aromatic rings. The number of hydrogen-bond acceptors (Lipinski definition) is 3. The zero-order chi connectivity index (χ0) is 14.0. The highest BCUT2D eigenvalue weighted by atomic mass is 79.9. The van der Waals surface area contributed by atoms with Crippen LogP contribution in [0.25, 0.3) is 0 Å². The smallest absolute Gasteiger partial charge is 0.172 e. The Morgan fingerprint density at radius 2 is 1.95 bits per heavy atom. The number of likely N-dealkylation sites (tertiary alicyclic amines) is 1. The van der Waals surface area contributed by atoms with Crippen molar-refractivity contribution in [2.24, 2.45) is 11.8 Å². The van der Waals surface area contributed by atoms with E-state index in [0.717, 1.165) is 31.5 Å². The van der Waals surface area contributed by atoms with Crippen LogP contribution in [0.4, 0.5) is 0 Å². The van der Waals surface area contributed by atoms with Gasteiger partial charge in [-0.05, 0) is 52.4 Å². The van der Waals surface area contributed by atoms with Gasteiger partial charge in [-0.3, -0.25) is 4.90 Å². The van der Waals surface area contributed by atoms with E-state index in [-0.39, 0.29) is 5.75 Å². The van der Waals surface area contributed by atoms with Crippen molar-refractivity contribution in [1.29, 1.82) is 0 Å². The lowest BCUT2D eigenvalue weighted by molar-refractivity contribution is 0.306. The number of phenolic OH excluding ortho intramolecular Hbond substituents is 1. The number of halogens is 1. The van der Waals surface area contributed by atoms with Crippen molar-refractivity contribution in [3.8, 4) is 11.5 Å². The molecule has 0 aliphatic carbocycles. The molecule has 3 nitrogen and oxygen atoms in total. The third kappa shape index (κ3) is 3.42. The van der Waals surface area contributed by atoms with Crippen LogP contribution in [0.5, 0.6) is 11.5 Å². The molecule has 2 atom stereocenters. The third-order valence-electron chi connectivity index (χ3n) is 3.86. The molecule has 0 aromatic heterocycles. The van der Waals surface area contributed by atoms with Crippen LogP contribution in [-0.4, -0.2) is 29.7 Å². The summed E-state index contributed by atoms with van der Waals surface area (Å²) in [7, 11) is 0. The Kier molecular flexibility index (Phi) is 4.74. The minimum atomic E-state index is 0.189. The van der Waals surface area contributed by atoms with Gasteiger partial charge in [-0.25, -0.2) is 0 Å². The molecule has 0 spiro atoms. The summed E-state index contributed by atoms with van der Waals surface area (Å²) in [4.78, 5) is 2.46. The summed E-state index contributed by atoms with van der Waals surface area (Å²) in [6.07, 6.45) is 0. The van der Waals surface area contributed by atoms with Crippen LogP contribution >= 0.6 is 15.9 Å². The number of rotatable bonds is 4. The fourth-order valence-corrected chi connectivity index (χ4v) is 3.11. The Balaban J connectivity index is 2.12. The average Bonchev–Trinajstić information content (AvgIpc) is 2.65. The Morgan fingerprint density at radius 3 is 2.53 bits per heavy atom. The molecule has 0 radical (unpaired) electrons. The van der Waals surface area contributed by atoms with Gasteiger partial charge in [-0.2, -0.15) is 0 Å². The van der Waals surface area contributed by atoms with Crippen molar-refractivity contribution in [1.82, 2.24) is 4.90 Å². The van der Waals surface area contributed by atoms with Crippen LogP contribution < -0.4 is 4.74 Å². The van der Waals surface area contributed by atoms with E-state index in [1.165, 1.54) is 5.56 Å². The molecule has 106 valence electrons. The molecule has 0 amide bonds. The molecule has 1 heterocycles. The maximum absolute atomic E-state index is 9.91. The number of aromatic hydroxyl groups is 1. The second-order valence-corrected chi connectivity index (χ2v) is 6.36. The largest absolute Gasteiger partial charge is 0.503 e. The monoisotopic (exact) mass is 327 g/mol. The van der Waals surface area contributed by atoms with Gasteiger partial charge in [0.25, 0.3) is 0 Å². The molecule has 1 N–H and O–H groups in total. The molecule has 1 aliphatic heterocycles. The molecule has 1 aliphatic rings. The Labute approximate surface area is 123 Å². The maximum Gasteiger partial charge on any atom is 0.172 e. The molecule has 0 saturated carbocycles. The van der Waals surface area contributed by atoms with Crippen LogP contribution in [-0.2, 0) is 6.54 Å². The highest BCUT2D eigenvalue weighted by molar-refractivity contribution is 9.10. The minimum Gasteiger partial charge on any atom is -0.503 e. The van der Waals surface area contributed by atoms with Crippen molar-refractivity contribution in [2.75, 3.05) is 19.7 Å². The van der Waals surface area contributed by atoms with Crippen molar-refractivity contribution >= 4 is 15.9 Å². The molecular formula is C15H22BrNO2. The Morgan fingerprint density at radius 1 is 1.32 bits per heavy atom. The lowest BCUT2D eigenvalue weighted by atomic mass is 10.0. The first-order chi connectivity index (χ1) is 9.01. The second kappa shape index (κ2) is 6.14. The van der Waals surface area contributed by atoms with Gasteiger partial charge in [-0.15, -0.1) is 0 Å². The zero-order valence-corrected chi connectivity index (χ0v) is 13.4. The zero-order valence-electron chi connectivity index (χ0n) is 11.8. The molecule has 2 unspecified atom stereocenters. The summed E-state index contributed by atoms with van der Waals surface area (Å²) in [5.74, 6) is 2.26. The van der Waals surface area contributed by atoms with Crippen LogP contribution in [0, 0.1) is 11.8 Å². The normalized spacial score (nSPS) is 23.8. The SMILES string of the molecule is CCOc1cc(CN2CC(C)C(C)C2)cc(Br)c1O. The van der Waals surface area contributed by atoms with Crippen molar-refractivity contribution in [2.45, 2.75) is 27.3 Å². The summed E-state index contributed by atoms with van der Waals surface area (Å²) in [5.41, 5.74) is 1.18. The first-order valence-electron chi connectivity index (χ1n) is 6.87. The molecular weight excluding hydrogens is 306 g/mol. The highest BCUT2D eigenvalue weighted by Gasteiger charge is 2.26. The minimum absolute atomic E-state index is 0.189. The summed E-state index contributed by atoms with van der Waals surface area (Å²) in [6, 6.07) is 3.92. The summed E-state index contributed by atoms with van der Waals surface area (Å²) < 4.78 is 6.17. The van der Waals surface area contributed by atoms with E-state index in [9.17, 15) is 5.11 Å². The van der Waals surface area contributed by atoms with Gasteiger partial charge < -0.3 is 9.84 Å². The van der Waals surface area contributed by atoms with Gasteiger partial charge in [-0.1, -0.05) is 13.8 Å². The summed E-state index contributed by atoms with van der Waals surface area (Å²) in [5, 5.41) is 9.91. The van der Waals surface area contributed by atoms with Crippen LogP contribution in [0.3, 0.4) is 0 Å². The molecule has 0 bridgehead atoms. The van der Waals surface area contributed by atoms with Gasteiger partial charge in [0.2, 0.25) is 0 Å². The molecule has 19 heavy (non-hydrogen) atoms. The third-order valence-corrected chi connectivity index (χ3v) is 4.46. The predicted molar refractivity (Wildman–Crippen MR) is 80.6 cm³/mol. The molecule has 1 saturated heterocycles. The maximum atomic E-state index is 9.91. The van der Waals surface area contributed by atoms with Gasteiger partial charge in [0.1, 0.15) is 0 Å². The average molecular weight is 328 g/mol. The van der Waals surface area contributed by atoms with Crippen LogP contribution in [0.1, 0.15) is 26.3 Å². The summed E-state index contributed by atoms with van der Waals surface area (Å²) in [6.45, 7) is 10.3. The number of benzene rings is 1. The van der Waals surface area contributed by atoms with Crippen LogP contribution in [0.15, 0.2) is 16.6 Å². The molecule has 2 rings (SSSR count). The van der Waals surface area contributed by atoms with E-state index < -0.39 is 0 Å². The molecule has 4 heteroatoms. The van der Waals surface area contributed by atoms with Gasteiger partial charge in [0.15, 0.2) is 11.5 Å². The summed E-state index contributed by atoms with van der Waals surface area (Å²) >= 11 is 3.39. The topological polar surface area (TPSA) is 32.7 Å². The van der Waals surface area contributed by atoms with E-state index in [0.29, 0.717) is 16.8 Å². The van der Waals surface area contributed by atoms with Gasteiger partial charge >= 0.3 is 0 Å². The van der Waals surface area contributed by atoms with E-state index in [1.54, 1.807) is 0 Å². The number of phenols is 1. The Bertz CT molecular complexity index is 440. The van der Waals surface area contributed by atoms with E-state index in [4.69, 9.17) is 4.74 Å². The first kappa shape index (κ1) is 14.7. The molecule has 1 aromatic carbocycles. The predicted octanol–water partition coefficient (Wildman–Crippen LogP) is 3.64. The van der Waals surface area contributed by atoms with Gasteiger partial charge in [0, 0.05) is 19.6 Å². The van der Waals surface area contributed by atoms with Crippen molar-refractivity contribution in [3.63, 3.8) is 0 Å². The van der Waals surface area contributed by atoms with Crippen molar-refractivity contribution < 1.29 is 9.84 Å².